The minimum Gasteiger partial charge on any atom is -0.458 e. The molecule has 1 aromatic heterocycles. The SMILES string of the molecule is O=C1CC(C(=O)NCc2cc(C3CC3)n[nH]2)C2(CCCC2)O1. The smallest absolute Gasteiger partial charge is 0.307 e. The number of H-pyrrole nitrogens is 1. The molecule has 1 amide bonds. The molecule has 22 heavy (non-hydrogen) atoms. The third-order valence-corrected chi connectivity index (χ3v) is 5.19. The third kappa shape index (κ3) is 2.40. The number of nitrogens with one attached hydrogen (secondary N) is 2. The van der Waals surface area contributed by atoms with E-state index in [1.54, 1.807) is 0 Å². The Bertz CT molecular complexity index is 600. The topological polar surface area (TPSA) is 84.1 Å². The second kappa shape index (κ2) is 5.11. The van der Waals surface area contributed by atoms with Crippen LogP contribution in [-0.4, -0.2) is 27.7 Å². The Kier molecular flexibility index (Phi) is 3.20. The molecule has 118 valence electrons. The number of esters is 1. The Labute approximate surface area is 129 Å². The highest BCUT2D eigenvalue weighted by molar-refractivity contribution is 5.87. The van der Waals surface area contributed by atoms with Gasteiger partial charge < -0.3 is 10.1 Å². The van der Waals surface area contributed by atoms with E-state index in [9.17, 15) is 9.59 Å². The first-order valence-electron chi connectivity index (χ1n) is 8.20. The summed E-state index contributed by atoms with van der Waals surface area (Å²) in [6.45, 7) is 0.430. The van der Waals surface area contributed by atoms with Crippen LogP contribution in [0.25, 0.3) is 0 Å². The fraction of sp³-hybridized carbons (Fsp3) is 0.688. The summed E-state index contributed by atoms with van der Waals surface area (Å²) in [4.78, 5) is 24.2. The molecule has 1 aliphatic heterocycles. The van der Waals surface area contributed by atoms with Crippen LogP contribution in [0.4, 0.5) is 0 Å². The number of amides is 1. The number of hydrogen-bond donors (Lipinski definition) is 2. The monoisotopic (exact) mass is 303 g/mol. The van der Waals surface area contributed by atoms with Gasteiger partial charge in [0.05, 0.1) is 30.3 Å². The minimum atomic E-state index is -0.533. The van der Waals surface area contributed by atoms with Crippen LogP contribution in [0.15, 0.2) is 6.07 Å². The molecule has 1 saturated heterocycles. The average molecular weight is 303 g/mol. The summed E-state index contributed by atoms with van der Waals surface area (Å²) in [6.07, 6.45) is 6.31. The number of carbonyl (C=O) groups excluding carboxylic acids is 2. The van der Waals surface area contributed by atoms with Gasteiger partial charge in [-0.15, -0.1) is 0 Å². The van der Waals surface area contributed by atoms with Crippen LogP contribution in [-0.2, 0) is 20.9 Å². The molecule has 4 rings (SSSR count). The standard InChI is InChI=1S/C16H21N3O3/c20-14-8-12(16(22-14)5-1-2-6-16)15(21)17-9-11-7-13(19-18-11)10-3-4-10/h7,10,12H,1-6,8-9H2,(H,17,21)(H,18,19). The lowest BCUT2D eigenvalue weighted by molar-refractivity contribution is -0.149. The van der Waals surface area contributed by atoms with Crippen molar-refractivity contribution in [1.29, 1.82) is 0 Å². The zero-order valence-electron chi connectivity index (χ0n) is 12.6. The highest BCUT2D eigenvalue weighted by Gasteiger charge is 2.53. The Hall–Kier alpha value is -1.85. The van der Waals surface area contributed by atoms with Crippen molar-refractivity contribution in [2.24, 2.45) is 5.92 Å². The lowest BCUT2D eigenvalue weighted by atomic mass is 9.85. The zero-order valence-corrected chi connectivity index (χ0v) is 12.6. The van der Waals surface area contributed by atoms with Gasteiger partial charge in [-0.25, -0.2) is 0 Å². The van der Waals surface area contributed by atoms with E-state index in [1.807, 2.05) is 6.07 Å². The largest absolute Gasteiger partial charge is 0.458 e. The number of ether oxygens (including phenoxy) is 1. The molecule has 6 heteroatoms. The first-order chi connectivity index (χ1) is 10.7. The molecular formula is C16H21N3O3. The molecule has 1 atom stereocenters. The van der Waals surface area contributed by atoms with Gasteiger partial charge in [0.1, 0.15) is 5.60 Å². The Morgan fingerprint density at radius 2 is 2.18 bits per heavy atom. The van der Waals surface area contributed by atoms with E-state index in [-0.39, 0.29) is 24.2 Å². The number of carbonyl (C=O) groups is 2. The van der Waals surface area contributed by atoms with Crippen molar-refractivity contribution in [3.05, 3.63) is 17.5 Å². The van der Waals surface area contributed by atoms with Crippen LogP contribution in [0.5, 0.6) is 0 Å². The summed E-state index contributed by atoms with van der Waals surface area (Å²) >= 11 is 0. The van der Waals surface area contributed by atoms with E-state index in [0.717, 1.165) is 37.1 Å². The van der Waals surface area contributed by atoms with Gasteiger partial charge in [0.25, 0.3) is 0 Å². The lowest BCUT2D eigenvalue weighted by Gasteiger charge is -2.27. The minimum absolute atomic E-state index is 0.0738. The van der Waals surface area contributed by atoms with Gasteiger partial charge in [-0.1, -0.05) is 0 Å². The Morgan fingerprint density at radius 3 is 2.91 bits per heavy atom. The highest BCUT2D eigenvalue weighted by Crippen LogP contribution is 2.45. The molecular weight excluding hydrogens is 282 g/mol. The van der Waals surface area contributed by atoms with Gasteiger partial charge in [-0.2, -0.15) is 5.10 Å². The summed E-state index contributed by atoms with van der Waals surface area (Å²) in [5.74, 6) is -0.0495. The van der Waals surface area contributed by atoms with Crippen LogP contribution in [0.3, 0.4) is 0 Å². The van der Waals surface area contributed by atoms with Crippen molar-refractivity contribution in [3.63, 3.8) is 0 Å². The van der Waals surface area contributed by atoms with E-state index in [4.69, 9.17) is 4.74 Å². The van der Waals surface area contributed by atoms with E-state index < -0.39 is 5.60 Å². The molecule has 1 aromatic rings. The molecule has 0 aromatic carbocycles. The van der Waals surface area contributed by atoms with Crippen LogP contribution in [0.2, 0.25) is 0 Å². The summed E-state index contributed by atoms with van der Waals surface area (Å²) in [5.41, 5.74) is 1.48. The number of hydrogen-bond acceptors (Lipinski definition) is 4. The lowest BCUT2D eigenvalue weighted by Crippen LogP contribution is -2.42. The molecule has 2 N–H and O–H groups in total. The van der Waals surface area contributed by atoms with Gasteiger partial charge in [0.15, 0.2) is 0 Å². The molecule has 6 nitrogen and oxygen atoms in total. The molecule has 0 radical (unpaired) electrons. The van der Waals surface area contributed by atoms with Gasteiger partial charge in [0.2, 0.25) is 5.91 Å². The average Bonchev–Trinajstić information content (AvgIpc) is 2.95. The first kappa shape index (κ1) is 13.8. The zero-order chi connectivity index (χ0) is 15.2. The van der Waals surface area contributed by atoms with Gasteiger partial charge >= 0.3 is 5.97 Å². The molecule has 2 saturated carbocycles. The molecule has 3 aliphatic rings. The maximum absolute atomic E-state index is 12.5. The van der Waals surface area contributed by atoms with Crippen LogP contribution in [0.1, 0.15) is 62.3 Å². The summed E-state index contributed by atoms with van der Waals surface area (Å²) in [7, 11) is 0. The predicted octanol–water partition coefficient (Wildman–Crippen LogP) is 1.78. The van der Waals surface area contributed by atoms with Crippen molar-refractivity contribution in [1.82, 2.24) is 15.5 Å². The van der Waals surface area contributed by atoms with Gasteiger partial charge in [-0.05, 0) is 44.6 Å². The molecule has 2 heterocycles. The van der Waals surface area contributed by atoms with Gasteiger partial charge in [-0.3, -0.25) is 14.7 Å². The summed E-state index contributed by atoms with van der Waals surface area (Å²) in [6, 6.07) is 2.03. The fourth-order valence-corrected chi connectivity index (χ4v) is 3.81. The molecule has 1 spiro atoms. The second-order valence-corrected chi connectivity index (χ2v) is 6.81. The maximum atomic E-state index is 12.5. The van der Waals surface area contributed by atoms with Crippen LogP contribution in [0, 0.1) is 5.92 Å². The normalized spacial score (nSPS) is 26.4. The number of nitrogens with zero attached hydrogens (tertiary/aromatic N) is 1. The van der Waals surface area contributed by atoms with Crippen LogP contribution >= 0.6 is 0 Å². The van der Waals surface area contributed by atoms with Gasteiger partial charge in [0, 0.05) is 5.92 Å². The fourth-order valence-electron chi connectivity index (χ4n) is 3.81. The Morgan fingerprint density at radius 1 is 1.41 bits per heavy atom. The predicted molar refractivity (Wildman–Crippen MR) is 77.8 cm³/mol. The van der Waals surface area contributed by atoms with E-state index >= 15 is 0 Å². The van der Waals surface area contributed by atoms with Crippen molar-refractivity contribution >= 4 is 11.9 Å². The molecule has 1 unspecified atom stereocenters. The molecule has 2 aliphatic carbocycles. The number of aromatic amines is 1. The number of rotatable bonds is 4. The molecule has 3 fully saturated rings. The summed E-state index contributed by atoms with van der Waals surface area (Å²) in [5, 5.41) is 10.2. The van der Waals surface area contributed by atoms with E-state index in [0.29, 0.717) is 12.5 Å². The van der Waals surface area contributed by atoms with E-state index in [2.05, 4.69) is 15.5 Å². The highest BCUT2D eigenvalue weighted by atomic mass is 16.6. The quantitative estimate of drug-likeness (QED) is 0.830. The number of aromatic nitrogens is 2. The second-order valence-electron chi connectivity index (χ2n) is 6.81. The first-order valence-corrected chi connectivity index (χ1v) is 8.20. The van der Waals surface area contributed by atoms with Crippen LogP contribution < -0.4 is 5.32 Å². The van der Waals surface area contributed by atoms with Crippen molar-refractivity contribution in [3.8, 4) is 0 Å². The van der Waals surface area contributed by atoms with Crippen molar-refractivity contribution < 1.29 is 14.3 Å². The van der Waals surface area contributed by atoms with Crippen molar-refractivity contribution in [2.75, 3.05) is 0 Å². The summed E-state index contributed by atoms with van der Waals surface area (Å²) < 4.78 is 5.52. The third-order valence-electron chi connectivity index (χ3n) is 5.19. The molecule has 0 bridgehead atoms. The van der Waals surface area contributed by atoms with E-state index in [1.165, 1.54) is 12.8 Å². The Balaban J connectivity index is 1.39. The van der Waals surface area contributed by atoms with Crippen molar-refractivity contribution in [2.45, 2.75) is 63.0 Å². The maximum Gasteiger partial charge on any atom is 0.307 e.